The molecule has 24 heavy (non-hydrogen) atoms. The minimum absolute atomic E-state index is 0.327. The van der Waals surface area contributed by atoms with Crippen LogP contribution in [0.2, 0.25) is 0 Å². The Hall–Kier alpha value is -2.28. The Morgan fingerprint density at radius 2 is 2.25 bits per heavy atom. The first-order valence-corrected chi connectivity index (χ1v) is 8.24. The predicted molar refractivity (Wildman–Crippen MR) is 95.0 cm³/mol. The van der Waals surface area contributed by atoms with Crippen LogP contribution in [0.1, 0.15) is 35.0 Å². The molecule has 6 nitrogen and oxygen atoms in total. The van der Waals surface area contributed by atoms with E-state index in [-0.39, 0.29) is 5.91 Å². The molecular formula is C17H19BrN2O4. The van der Waals surface area contributed by atoms with E-state index in [2.05, 4.69) is 26.5 Å². The Morgan fingerprint density at radius 1 is 1.46 bits per heavy atom. The van der Waals surface area contributed by atoms with Crippen LogP contribution in [0.3, 0.4) is 0 Å². The molecule has 1 amide bonds. The predicted octanol–water partition coefficient (Wildman–Crippen LogP) is 3.91. The second-order valence-electron chi connectivity index (χ2n) is 4.97. The first-order valence-electron chi connectivity index (χ1n) is 7.44. The lowest BCUT2D eigenvalue weighted by molar-refractivity contribution is 0.0953. The number of methoxy groups -OCH3 is 1. The highest BCUT2D eigenvalue weighted by Crippen LogP contribution is 2.36. The molecule has 1 heterocycles. The number of carbonyl (C=O) groups excluding carboxylic acids is 1. The molecule has 0 aliphatic rings. The van der Waals surface area contributed by atoms with E-state index in [1.807, 2.05) is 13.0 Å². The van der Waals surface area contributed by atoms with Gasteiger partial charge in [0, 0.05) is 0 Å². The molecule has 7 heteroatoms. The lowest BCUT2D eigenvalue weighted by atomic mass is 10.2. The van der Waals surface area contributed by atoms with Crippen molar-refractivity contribution in [3.63, 3.8) is 0 Å². The molecular weight excluding hydrogens is 376 g/mol. The first kappa shape index (κ1) is 18.1. The number of aryl methyl sites for hydroxylation is 1. The summed E-state index contributed by atoms with van der Waals surface area (Å²) < 4.78 is 16.9. The first-order chi connectivity index (χ1) is 11.6. The molecule has 0 unspecified atom stereocenters. The summed E-state index contributed by atoms with van der Waals surface area (Å²) in [7, 11) is 1.57. The molecule has 1 aromatic heterocycles. The minimum atomic E-state index is -0.327. The molecule has 2 aromatic rings. The van der Waals surface area contributed by atoms with Crippen LogP contribution in [0.4, 0.5) is 0 Å². The highest BCUT2D eigenvalue weighted by Gasteiger charge is 2.12. The summed E-state index contributed by atoms with van der Waals surface area (Å²) in [6.45, 7) is 4.35. The van der Waals surface area contributed by atoms with Crippen LogP contribution in [0.25, 0.3) is 0 Å². The van der Waals surface area contributed by atoms with E-state index in [0.717, 1.165) is 16.5 Å². The molecule has 1 aromatic carbocycles. The summed E-state index contributed by atoms with van der Waals surface area (Å²) in [5.41, 5.74) is 3.67. The molecule has 0 fully saturated rings. The van der Waals surface area contributed by atoms with E-state index >= 15 is 0 Å². The quantitative estimate of drug-likeness (QED) is 0.570. The van der Waals surface area contributed by atoms with Gasteiger partial charge in [0.1, 0.15) is 5.76 Å². The smallest absolute Gasteiger partial charge is 0.274 e. The molecule has 1 N–H and O–H groups in total. The summed E-state index contributed by atoms with van der Waals surface area (Å²) in [6.07, 6.45) is 3.90. The summed E-state index contributed by atoms with van der Waals surface area (Å²) in [6, 6.07) is 5.22. The fourth-order valence-corrected chi connectivity index (χ4v) is 2.58. The fourth-order valence-electron chi connectivity index (χ4n) is 2.00. The van der Waals surface area contributed by atoms with Gasteiger partial charge in [-0.3, -0.25) is 4.79 Å². The van der Waals surface area contributed by atoms with E-state index in [0.29, 0.717) is 29.4 Å². The zero-order chi connectivity index (χ0) is 17.5. The average molecular weight is 395 g/mol. The number of hydrogen-bond donors (Lipinski definition) is 1. The fraction of sp³-hybridized carbons (Fsp3) is 0.294. The Morgan fingerprint density at radius 3 is 2.88 bits per heavy atom. The van der Waals surface area contributed by atoms with Gasteiger partial charge in [0.05, 0.1) is 36.2 Å². The Balaban J connectivity index is 2.10. The summed E-state index contributed by atoms with van der Waals surface area (Å²) in [5.74, 6) is 1.46. The van der Waals surface area contributed by atoms with Gasteiger partial charge in [-0.1, -0.05) is 6.92 Å². The maximum Gasteiger partial charge on any atom is 0.274 e. The number of nitrogens with one attached hydrogen (secondary N) is 1. The normalized spacial score (nSPS) is 10.8. The number of hydrogen-bond acceptors (Lipinski definition) is 5. The molecule has 0 aliphatic carbocycles. The monoisotopic (exact) mass is 394 g/mol. The highest BCUT2D eigenvalue weighted by atomic mass is 79.9. The van der Waals surface area contributed by atoms with Crippen molar-refractivity contribution in [1.82, 2.24) is 5.43 Å². The molecule has 0 aliphatic heterocycles. The van der Waals surface area contributed by atoms with Gasteiger partial charge in [0.25, 0.3) is 5.91 Å². The van der Waals surface area contributed by atoms with Gasteiger partial charge in [0.2, 0.25) is 0 Å². The number of furan rings is 1. The van der Waals surface area contributed by atoms with Crippen molar-refractivity contribution >= 4 is 28.1 Å². The van der Waals surface area contributed by atoms with Crippen LogP contribution in [-0.2, 0) is 0 Å². The van der Waals surface area contributed by atoms with Crippen molar-refractivity contribution in [2.45, 2.75) is 20.3 Å². The third-order valence-corrected chi connectivity index (χ3v) is 3.77. The van der Waals surface area contributed by atoms with Crippen molar-refractivity contribution in [2.75, 3.05) is 13.7 Å². The number of nitrogens with zero attached hydrogens (tertiary/aromatic N) is 1. The molecule has 0 bridgehead atoms. The molecule has 0 saturated carbocycles. The van der Waals surface area contributed by atoms with E-state index in [9.17, 15) is 4.79 Å². The van der Waals surface area contributed by atoms with Crippen molar-refractivity contribution < 1.29 is 18.7 Å². The topological polar surface area (TPSA) is 73.1 Å². The van der Waals surface area contributed by atoms with Gasteiger partial charge in [-0.05, 0) is 53.0 Å². The summed E-state index contributed by atoms with van der Waals surface area (Å²) >= 11 is 3.46. The SMILES string of the molecule is CCCOc1c(Br)cc(/C=N\NC(=O)c2ccoc2C)cc1OC. The molecule has 0 atom stereocenters. The minimum Gasteiger partial charge on any atom is -0.493 e. The molecule has 0 saturated heterocycles. The third kappa shape index (κ3) is 4.38. The van der Waals surface area contributed by atoms with Crippen LogP contribution < -0.4 is 14.9 Å². The molecule has 0 spiro atoms. The number of hydrazone groups is 1. The average Bonchev–Trinajstić information content (AvgIpc) is 2.99. The van der Waals surface area contributed by atoms with Crippen LogP contribution in [0, 0.1) is 6.92 Å². The van der Waals surface area contributed by atoms with Gasteiger partial charge in [-0.2, -0.15) is 5.10 Å². The maximum absolute atomic E-state index is 11.9. The Kier molecular flexibility index (Phi) is 6.43. The van der Waals surface area contributed by atoms with E-state index in [1.54, 1.807) is 26.2 Å². The lowest BCUT2D eigenvalue weighted by Crippen LogP contribution is -2.17. The van der Waals surface area contributed by atoms with E-state index < -0.39 is 0 Å². The number of ether oxygens (including phenoxy) is 2. The van der Waals surface area contributed by atoms with E-state index in [1.165, 1.54) is 12.5 Å². The highest BCUT2D eigenvalue weighted by molar-refractivity contribution is 9.10. The zero-order valence-electron chi connectivity index (χ0n) is 13.8. The van der Waals surface area contributed by atoms with Crippen LogP contribution in [0.15, 0.2) is 38.5 Å². The van der Waals surface area contributed by atoms with Crippen molar-refractivity contribution in [1.29, 1.82) is 0 Å². The van der Waals surface area contributed by atoms with Crippen LogP contribution in [-0.4, -0.2) is 25.8 Å². The summed E-state index contributed by atoms with van der Waals surface area (Å²) in [5, 5.41) is 3.96. The second-order valence-corrected chi connectivity index (χ2v) is 5.83. The van der Waals surface area contributed by atoms with E-state index in [4.69, 9.17) is 13.9 Å². The van der Waals surface area contributed by atoms with Crippen molar-refractivity contribution in [3.8, 4) is 11.5 Å². The van der Waals surface area contributed by atoms with Crippen LogP contribution >= 0.6 is 15.9 Å². The Bertz CT molecular complexity index is 740. The maximum atomic E-state index is 11.9. The van der Waals surface area contributed by atoms with Crippen molar-refractivity contribution in [3.05, 3.63) is 45.8 Å². The number of amides is 1. The number of rotatable bonds is 7. The number of benzene rings is 1. The van der Waals surface area contributed by atoms with Gasteiger partial charge in [-0.25, -0.2) is 5.43 Å². The lowest BCUT2D eigenvalue weighted by Gasteiger charge is -2.12. The van der Waals surface area contributed by atoms with Crippen LogP contribution in [0.5, 0.6) is 11.5 Å². The number of carbonyl (C=O) groups is 1. The zero-order valence-corrected chi connectivity index (χ0v) is 15.3. The van der Waals surface area contributed by atoms with Gasteiger partial charge in [0.15, 0.2) is 11.5 Å². The summed E-state index contributed by atoms with van der Waals surface area (Å²) in [4.78, 5) is 11.9. The van der Waals surface area contributed by atoms with Gasteiger partial charge in [-0.15, -0.1) is 0 Å². The van der Waals surface area contributed by atoms with Crippen molar-refractivity contribution in [2.24, 2.45) is 5.10 Å². The van der Waals surface area contributed by atoms with Gasteiger partial charge < -0.3 is 13.9 Å². The molecule has 0 radical (unpaired) electrons. The largest absolute Gasteiger partial charge is 0.493 e. The number of halogens is 1. The molecule has 2 rings (SSSR count). The van der Waals surface area contributed by atoms with Gasteiger partial charge >= 0.3 is 0 Å². The standard InChI is InChI=1S/C17H19BrN2O4/c1-4-6-24-16-14(18)8-12(9-15(16)22-3)10-19-20-17(21)13-5-7-23-11(13)2/h5,7-10H,4,6H2,1-3H3,(H,20,21)/b19-10-. The second kappa shape index (κ2) is 8.54. The molecule has 128 valence electrons. The third-order valence-electron chi connectivity index (χ3n) is 3.19. The Labute approximate surface area is 149 Å².